The quantitative estimate of drug-likeness (QED) is 0.719. The van der Waals surface area contributed by atoms with Gasteiger partial charge in [0.1, 0.15) is 6.04 Å². The van der Waals surface area contributed by atoms with E-state index in [0.29, 0.717) is 22.9 Å². The van der Waals surface area contributed by atoms with Crippen LogP contribution in [0, 0.1) is 0 Å². The third kappa shape index (κ3) is 7.64. The molecular weight excluding hydrogens is 330 g/mol. The van der Waals surface area contributed by atoms with Gasteiger partial charge in [-0.05, 0) is 36.1 Å². The van der Waals surface area contributed by atoms with Gasteiger partial charge in [0.15, 0.2) is 0 Å². The molecular formula is C14H18ClNO3S2. The molecule has 2 N–H and O–H groups in total. The van der Waals surface area contributed by atoms with Crippen LogP contribution in [0.5, 0.6) is 0 Å². The van der Waals surface area contributed by atoms with Crippen molar-refractivity contribution >= 4 is 47.0 Å². The van der Waals surface area contributed by atoms with Crippen molar-refractivity contribution in [2.75, 3.05) is 17.8 Å². The number of rotatable bonds is 9. The number of carbonyl (C=O) groups excluding carboxylic acids is 1. The van der Waals surface area contributed by atoms with Crippen molar-refractivity contribution in [1.29, 1.82) is 0 Å². The summed E-state index contributed by atoms with van der Waals surface area (Å²) in [6.07, 6.45) is 2.34. The van der Waals surface area contributed by atoms with E-state index in [1.54, 1.807) is 23.9 Å². The summed E-state index contributed by atoms with van der Waals surface area (Å²) in [6.45, 7) is 0. The van der Waals surface area contributed by atoms with Gasteiger partial charge in [0.25, 0.3) is 0 Å². The zero-order valence-corrected chi connectivity index (χ0v) is 14.1. The Morgan fingerprint density at radius 2 is 2.00 bits per heavy atom. The largest absolute Gasteiger partial charge is 0.480 e. The van der Waals surface area contributed by atoms with Gasteiger partial charge in [-0.25, -0.2) is 4.79 Å². The number of halogens is 1. The van der Waals surface area contributed by atoms with Crippen LogP contribution in [0.1, 0.15) is 12.0 Å². The predicted octanol–water partition coefficient (Wildman–Crippen LogP) is 2.90. The highest BCUT2D eigenvalue weighted by atomic mass is 35.5. The molecule has 1 atom stereocenters. The number of carboxylic acids is 1. The van der Waals surface area contributed by atoms with Crippen LogP contribution in [-0.2, 0) is 15.3 Å². The van der Waals surface area contributed by atoms with Crippen molar-refractivity contribution in [3.63, 3.8) is 0 Å². The molecule has 1 rings (SSSR count). The first-order valence-electron chi connectivity index (χ1n) is 6.36. The smallest absolute Gasteiger partial charge is 0.326 e. The summed E-state index contributed by atoms with van der Waals surface area (Å²) in [7, 11) is 0. The molecule has 116 valence electrons. The van der Waals surface area contributed by atoms with Gasteiger partial charge >= 0.3 is 5.97 Å². The number of aliphatic carboxylic acids is 1. The fraction of sp³-hybridized carbons (Fsp3) is 0.429. The highest BCUT2D eigenvalue weighted by Crippen LogP contribution is 2.15. The Morgan fingerprint density at radius 1 is 1.33 bits per heavy atom. The summed E-state index contributed by atoms with van der Waals surface area (Å²) in [4.78, 5) is 22.8. The van der Waals surface area contributed by atoms with Crippen molar-refractivity contribution in [1.82, 2.24) is 5.32 Å². The van der Waals surface area contributed by atoms with E-state index in [-0.39, 0.29) is 11.7 Å². The fourth-order valence-electron chi connectivity index (χ4n) is 1.57. The highest BCUT2D eigenvalue weighted by Gasteiger charge is 2.18. The van der Waals surface area contributed by atoms with Crippen molar-refractivity contribution in [2.24, 2.45) is 0 Å². The third-order valence-corrected chi connectivity index (χ3v) is 4.56. The first-order chi connectivity index (χ1) is 10.0. The number of carbonyl (C=O) groups is 2. The third-order valence-electron chi connectivity index (χ3n) is 2.66. The van der Waals surface area contributed by atoms with E-state index in [4.69, 9.17) is 16.7 Å². The fourth-order valence-corrected chi connectivity index (χ4v) is 2.97. The molecule has 0 heterocycles. The number of carboxylic acid groups (broad SMARTS) is 1. The Balaban J connectivity index is 2.32. The molecule has 0 aromatic heterocycles. The number of amides is 1. The molecule has 0 aliphatic carbocycles. The Hall–Kier alpha value is -0.850. The molecule has 4 nitrogen and oxygen atoms in total. The molecule has 0 saturated carbocycles. The predicted molar refractivity (Wildman–Crippen MR) is 90.2 cm³/mol. The molecule has 7 heteroatoms. The van der Waals surface area contributed by atoms with E-state index >= 15 is 0 Å². The van der Waals surface area contributed by atoms with Gasteiger partial charge in [-0.1, -0.05) is 23.7 Å². The first kappa shape index (κ1) is 18.2. The van der Waals surface area contributed by atoms with Crippen molar-refractivity contribution < 1.29 is 14.7 Å². The molecule has 0 fully saturated rings. The highest BCUT2D eigenvalue weighted by molar-refractivity contribution is 7.99. The van der Waals surface area contributed by atoms with E-state index in [1.165, 1.54) is 11.8 Å². The van der Waals surface area contributed by atoms with Crippen molar-refractivity contribution in [3.05, 3.63) is 34.9 Å². The molecule has 0 spiro atoms. The maximum atomic E-state index is 11.7. The van der Waals surface area contributed by atoms with Crippen LogP contribution in [0.2, 0.25) is 5.02 Å². The number of benzene rings is 1. The summed E-state index contributed by atoms with van der Waals surface area (Å²) >= 11 is 8.80. The second-order valence-electron chi connectivity index (χ2n) is 4.36. The Bertz CT molecular complexity index is 468. The van der Waals surface area contributed by atoms with E-state index in [2.05, 4.69) is 5.32 Å². The Morgan fingerprint density at radius 3 is 2.57 bits per heavy atom. The molecule has 0 saturated heterocycles. The first-order valence-corrected chi connectivity index (χ1v) is 9.29. The topological polar surface area (TPSA) is 66.4 Å². The van der Waals surface area contributed by atoms with Crippen LogP contribution < -0.4 is 5.32 Å². The van der Waals surface area contributed by atoms with Gasteiger partial charge in [0.2, 0.25) is 5.91 Å². The van der Waals surface area contributed by atoms with Crippen LogP contribution >= 0.6 is 35.1 Å². The minimum absolute atomic E-state index is 0.242. The monoisotopic (exact) mass is 347 g/mol. The lowest BCUT2D eigenvalue weighted by atomic mass is 10.2. The second-order valence-corrected chi connectivity index (χ2v) is 6.77. The number of hydrogen-bond donors (Lipinski definition) is 2. The van der Waals surface area contributed by atoms with Gasteiger partial charge in [-0.3, -0.25) is 4.79 Å². The zero-order chi connectivity index (χ0) is 15.7. The van der Waals surface area contributed by atoms with E-state index in [9.17, 15) is 9.59 Å². The van der Waals surface area contributed by atoms with Crippen LogP contribution in [-0.4, -0.2) is 40.8 Å². The van der Waals surface area contributed by atoms with Crippen LogP contribution in [0.15, 0.2) is 24.3 Å². The molecule has 1 aromatic rings. The number of thioether (sulfide) groups is 2. The lowest BCUT2D eigenvalue weighted by Gasteiger charge is -2.13. The molecule has 1 amide bonds. The Kier molecular flexibility index (Phi) is 8.64. The van der Waals surface area contributed by atoms with Crippen LogP contribution in [0.4, 0.5) is 0 Å². The van der Waals surface area contributed by atoms with Crippen molar-refractivity contribution in [2.45, 2.75) is 18.2 Å². The second kappa shape index (κ2) is 9.97. The summed E-state index contributed by atoms with van der Waals surface area (Å²) in [5, 5.41) is 12.3. The van der Waals surface area contributed by atoms with E-state index < -0.39 is 12.0 Å². The lowest BCUT2D eigenvalue weighted by molar-refractivity contribution is -0.141. The molecule has 0 unspecified atom stereocenters. The number of nitrogens with one attached hydrogen (secondary N) is 1. The molecule has 0 radical (unpaired) electrons. The maximum Gasteiger partial charge on any atom is 0.326 e. The van der Waals surface area contributed by atoms with Crippen LogP contribution in [0.25, 0.3) is 0 Å². The van der Waals surface area contributed by atoms with E-state index in [0.717, 1.165) is 5.56 Å². The van der Waals surface area contributed by atoms with Gasteiger partial charge < -0.3 is 10.4 Å². The summed E-state index contributed by atoms with van der Waals surface area (Å²) in [6, 6.07) is 6.62. The maximum absolute atomic E-state index is 11.7. The summed E-state index contributed by atoms with van der Waals surface area (Å²) < 4.78 is 0. The molecule has 0 aliphatic rings. The normalized spacial score (nSPS) is 11.9. The summed E-state index contributed by atoms with van der Waals surface area (Å²) in [5.74, 6) is 0.399. The van der Waals surface area contributed by atoms with Crippen molar-refractivity contribution in [3.8, 4) is 0 Å². The minimum atomic E-state index is -0.986. The number of hydrogen-bond acceptors (Lipinski definition) is 4. The SMILES string of the molecule is CSCC[C@H](NC(=O)CSCc1ccc(Cl)cc1)C(=O)O. The molecule has 0 bridgehead atoms. The van der Waals surface area contributed by atoms with Gasteiger partial charge in [0.05, 0.1) is 5.75 Å². The molecule has 1 aromatic carbocycles. The average molecular weight is 348 g/mol. The lowest BCUT2D eigenvalue weighted by Crippen LogP contribution is -2.42. The zero-order valence-electron chi connectivity index (χ0n) is 11.7. The Labute approximate surface area is 138 Å². The van der Waals surface area contributed by atoms with Gasteiger partial charge in [-0.2, -0.15) is 11.8 Å². The minimum Gasteiger partial charge on any atom is -0.480 e. The van der Waals surface area contributed by atoms with Crippen LogP contribution in [0.3, 0.4) is 0 Å². The molecule has 0 aliphatic heterocycles. The summed E-state index contributed by atoms with van der Waals surface area (Å²) in [5.41, 5.74) is 1.08. The van der Waals surface area contributed by atoms with E-state index in [1.807, 2.05) is 18.4 Å². The average Bonchev–Trinajstić information content (AvgIpc) is 2.45. The molecule has 21 heavy (non-hydrogen) atoms. The van der Waals surface area contributed by atoms with Gasteiger partial charge in [-0.15, -0.1) is 11.8 Å². The van der Waals surface area contributed by atoms with Gasteiger partial charge in [0, 0.05) is 10.8 Å². The standard InChI is InChI=1S/C14H18ClNO3S2/c1-20-7-6-12(14(18)19)16-13(17)9-21-8-10-2-4-11(15)5-3-10/h2-5,12H,6-9H2,1H3,(H,16,17)(H,18,19)/t12-/m0/s1.